The normalized spacial score (nSPS) is 14.8. The monoisotopic (exact) mass is 213 g/mol. The van der Waals surface area contributed by atoms with Gasteiger partial charge in [-0.05, 0) is 26.4 Å². The van der Waals surface area contributed by atoms with Gasteiger partial charge in [0.2, 0.25) is 0 Å². The first-order chi connectivity index (χ1) is 5.29. The average Bonchev–Trinajstić information content (AvgIpc) is 1.80. The van der Waals surface area contributed by atoms with Crippen LogP contribution in [0.5, 0.6) is 0 Å². The molecule has 12 heavy (non-hydrogen) atoms. The summed E-state index contributed by atoms with van der Waals surface area (Å²) in [4.78, 5) is 1.42. The Hall–Kier alpha value is 0.290. The predicted octanol–water partition coefficient (Wildman–Crippen LogP) is -0.576. The maximum absolute atomic E-state index is 10.2. The van der Waals surface area contributed by atoms with Crippen molar-refractivity contribution in [1.29, 1.82) is 0 Å². The van der Waals surface area contributed by atoms with Crippen molar-refractivity contribution in [2.24, 2.45) is 0 Å². The lowest BCUT2D eigenvalue weighted by molar-refractivity contribution is -0.836. The van der Waals surface area contributed by atoms with E-state index in [9.17, 15) is 8.76 Å². The minimum atomic E-state index is -3.10. The first-order valence-corrected chi connectivity index (χ1v) is 6.57. The van der Waals surface area contributed by atoms with Crippen LogP contribution in [-0.4, -0.2) is 35.7 Å². The average molecular weight is 213 g/mol. The Morgan fingerprint density at radius 1 is 1.42 bits per heavy atom. The Morgan fingerprint density at radius 3 is 1.83 bits per heavy atom. The van der Waals surface area contributed by atoms with Gasteiger partial charge in [0.15, 0.2) is 0 Å². The molecule has 0 bridgehead atoms. The molecule has 5 heteroatoms. The van der Waals surface area contributed by atoms with Crippen molar-refractivity contribution in [2.75, 3.05) is 26.9 Å². The SMILES string of the molecule is CCCCS(=O)([O-])=S.C[NH+](C)C. The fourth-order valence-corrected chi connectivity index (χ4v) is 1.32. The molecule has 0 fully saturated rings. The molecule has 76 valence electrons. The molecule has 1 atom stereocenters. The Morgan fingerprint density at radius 2 is 1.75 bits per heavy atom. The number of rotatable bonds is 3. The highest BCUT2D eigenvalue weighted by atomic mass is 32.8. The Labute approximate surface area is 80.6 Å². The molecule has 1 unspecified atom stereocenters. The molecular formula is C7H19NO2S2. The van der Waals surface area contributed by atoms with Gasteiger partial charge in [-0.25, -0.2) is 0 Å². The molecule has 0 amide bonds. The van der Waals surface area contributed by atoms with Gasteiger partial charge in [0.1, 0.15) is 0 Å². The zero-order valence-corrected chi connectivity index (χ0v) is 9.89. The Kier molecular flexibility index (Phi) is 9.76. The largest absolute Gasteiger partial charge is 0.769 e. The number of nitrogens with one attached hydrogen (secondary N) is 1. The van der Waals surface area contributed by atoms with Gasteiger partial charge in [0, 0.05) is 5.75 Å². The van der Waals surface area contributed by atoms with Crippen molar-refractivity contribution >= 4 is 20.0 Å². The zero-order valence-electron chi connectivity index (χ0n) is 8.25. The molecule has 0 rings (SSSR count). The molecule has 1 N–H and O–H groups in total. The summed E-state index contributed by atoms with van der Waals surface area (Å²) in [6.45, 7) is 1.93. The van der Waals surface area contributed by atoms with Gasteiger partial charge in [-0.2, -0.15) is 0 Å². The van der Waals surface area contributed by atoms with Crippen molar-refractivity contribution in [1.82, 2.24) is 0 Å². The van der Waals surface area contributed by atoms with Crippen molar-refractivity contribution in [3.8, 4) is 0 Å². The Bertz CT molecular complexity index is 173. The van der Waals surface area contributed by atoms with Crippen molar-refractivity contribution in [3.63, 3.8) is 0 Å². The van der Waals surface area contributed by atoms with E-state index in [4.69, 9.17) is 0 Å². The number of hydrogen-bond donors (Lipinski definition) is 1. The molecule has 0 aromatic rings. The summed E-state index contributed by atoms with van der Waals surface area (Å²) in [5, 5.41) is 0. The van der Waals surface area contributed by atoms with Gasteiger partial charge in [0.25, 0.3) is 0 Å². The summed E-state index contributed by atoms with van der Waals surface area (Å²) in [6, 6.07) is 0. The maximum atomic E-state index is 10.2. The van der Waals surface area contributed by atoms with E-state index in [2.05, 4.69) is 32.3 Å². The van der Waals surface area contributed by atoms with Gasteiger partial charge >= 0.3 is 0 Å². The van der Waals surface area contributed by atoms with Crippen LogP contribution < -0.4 is 4.90 Å². The van der Waals surface area contributed by atoms with E-state index in [1.165, 1.54) is 4.90 Å². The second-order valence-electron chi connectivity index (χ2n) is 3.12. The molecule has 0 spiro atoms. The second kappa shape index (κ2) is 7.91. The van der Waals surface area contributed by atoms with Crippen molar-refractivity contribution in [2.45, 2.75) is 19.8 Å². The summed E-state index contributed by atoms with van der Waals surface area (Å²) in [7, 11) is 3.15. The van der Waals surface area contributed by atoms with Crippen LogP contribution in [-0.2, 0) is 20.0 Å². The molecule has 0 aliphatic carbocycles. The molecular weight excluding hydrogens is 194 g/mol. The molecule has 0 heterocycles. The number of quaternary nitrogens is 1. The lowest BCUT2D eigenvalue weighted by Gasteiger charge is -2.07. The maximum Gasteiger partial charge on any atom is 0.0661 e. The van der Waals surface area contributed by atoms with E-state index in [1.54, 1.807) is 0 Å². The smallest absolute Gasteiger partial charge is 0.0661 e. The first kappa shape index (κ1) is 14.8. The standard InChI is InChI=1S/C4H10O2S2.C3H9N/c1-2-3-4-8(5,6)7;1-4(2)3/h2-4H2,1H3,(H,5,6,7);1-3H3. The van der Waals surface area contributed by atoms with Gasteiger partial charge < -0.3 is 9.45 Å². The van der Waals surface area contributed by atoms with Crippen LogP contribution in [0.15, 0.2) is 0 Å². The van der Waals surface area contributed by atoms with Crippen LogP contribution in [0.25, 0.3) is 0 Å². The van der Waals surface area contributed by atoms with Crippen LogP contribution >= 0.6 is 0 Å². The van der Waals surface area contributed by atoms with E-state index >= 15 is 0 Å². The van der Waals surface area contributed by atoms with Gasteiger partial charge in [-0.3, -0.25) is 4.21 Å². The van der Waals surface area contributed by atoms with Crippen LogP contribution in [0.3, 0.4) is 0 Å². The summed E-state index contributed by atoms with van der Waals surface area (Å²) < 4.78 is 20.4. The third-order valence-electron chi connectivity index (χ3n) is 0.748. The Balaban J connectivity index is 0. The van der Waals surface area contributed by atoms with Crippen molar-refractivity contribution in [3.05, 3.63) is 0 Å². The third-order valence-corrected chi connectivity index (χ3v) is 2.04. The summed E-state index contributed by atoms with van der Waals surface area (Å²) >= 11 is 4.12. The molecule has 0 aromatic carbocycles. The molecule has 0 aliphatic rings. The highest BCUT2D eigenvalue weighted by molar-refractivity contribution is 8.29. The van der Waals surface area contributed by atoms with Crippen LogP contribution in [0.1, 0.15) is 19.8 Å². The number of hydrogen-bond acceptors (Lipinski definition) is 3. The van der Waals surface area contributed by atoms with E-state index in [0.29, 0.717) is 6.42 Å². The van der Waals surface area contributed by atoms with Crippen molar-refractivity contribution < 1.29 is 13.7 Å². The topological polar surface area (TPSA) is 44.6 Å². The fraction of sp³-hybridized carbons (Fsp3) is 1.00. The summed E-state index contributed by atoms with van der Waals surface area (Å²) in [5.41, 5.74) is 0. The lowest BCUT2D eigenvalue weighted by atomic mass is 10.4. The van der Waals surface area contributed by atoms with E-state index in [0.717, 1.165) is 6.42 Å². The van der Waals surface area contributed by atoms with Crippen LogP contribution in [0.4, 0.5) is 0 Å². The summed E-state index contributed by atoms with van der Waals surface area (Å²) in [6.07, 6.45) is 1.57. The highest BCUT2D eigenvalue weighted by Gasteiger charge is 1.86. The molecule has 0 saturated heterocycles. The minimum Gasteiger partial charge on any atom is -0.769 e. The summed E-state index contributed by atoms with van der Waals surface area (Å²) in [5.74, 6) is 0.152. The highest BCUT2D eigenvalue weighted by Crippen LogP contribution is 1.91. The molecule has 0 aromatic heterocycles. The van der Waals surface area contributed by atoms with Gasteiger partial charge in [0.05, 0.1) is 21.1 Å². The minimum absolute atomic E-state index is 0.152. The molecule has 0 saturated carbocycles. The lowest BCUT2D eigenvalue weighted by Crippen LogP contribution is -3.02. The third kappa shape index (κ3) is 31.7. The molecule has 0 radical (unpaired) electrons. The van der Waals surface area contributed by atoms with E-state index < -0.39 is 8.77 Å². The fourth-order valence-electron chi connectivity index (χ4n) is 0.321. The quantitative estimate of drug-likeness (QED) is 0.682. The second-order valence-corrected chi connectivity index (χ2v) is 6.16. The predicted molar refractivity (Wildman–Crippen MR) is 54.8 cm³/mol. The van der Waals surface area contributed by atoms with E-state index in [1.807, 2.05) is 6.92 Å². The zero-order chi connectivity index (χ0) is 10.2. The molecule has 0 aliphatic heterocycles. The first-order valence-electron chi connectivity index (χ1n) is 4.00. The van der Waals surface area contributed by atoms with Crippen LogP contribution in [0, 0.1) is 0 Å². The van der Waals surface area contributed by atoms with E-state index in [-0.39, 0.29) is 5.75 Å². The van der Waals surface area contributed by atoms with Gasteiger partial charge in [-0.1, -0.05) is 13.3 Å². The number of unbranched alkanes of at least 4 members (excludes halogenated alkanes) is 1. The van der Waals surface area contributed by atoms with Gasteiger partial charge in [-0.15, -0.1) is 0 Å². The van der Waals surface area contributed by atoms with Crippen LogP contribution in [0.2, 0.25) is 0 Å². The molecule has 3 nitrogen and oxygen atoms in total.